The lowest BCUT2D eigenvalue weighted by atomic mass is 10.1. The Morgan fingerprint density at radius 1 is 1.45 bits per heavy atom. The van der Waals surface area contributed by atoms with Gasteiger partial charge in [-0.1, -0.05) is 19.4 Å². The van der Waals surface area contributed by atoms with Gasteiger partial charge in [0.1, 0.15) is 5.82 Å². The van der Waals surface area contributed by atoms with Gasteiger partial charge in [0, 0.05) is 10.9 Å². The predicted octanol–water partition coefficient (Wildman–Crippen LogP) is 4.37. The average Bonchev–Trinajstić information content (AvgIpc) is 3.01. The maximum absolute atomic E-state index is 6.20. The number of nitrogens with one attached hydrogen (secondary N) is 1. The van der Waals surface area contributed by atoms with E-state index in [9.17, 15) is 0 Å². The number of nitrogens with two attached hydrogens (primary N) is 1. The molecule has 0 saturated heterocycles. The first-order valence-corrected chi connectivity index (χ1v) is 8.07. The van der Waals surface area contributed by atoms with E-state index in [0.717, 1.165) is 30.0 Å². The Labute approximate surface area is 125 Å². The maximum atomic E-state index is 6.20. The van der Waals surface area contributed by atoms with Crippen molar-refractivity contribution >= 4 is 22.8 Å². The fourth-order valence-corrected chi connectivity index (χ4v) is 3.12. The molecule has 1 atom stereocenters. The van der Waals surface area contributed by atoms with E-state index in [1.165, 1.54) is 4.88 Å². The zero-order chi connectivity index (χ0) is 14.7. The molecule has 0 bridgehead atoms. The lowest BCUT2D eigenvalue weighted by Gasteiger charge is -2.20. The van der Waals surface area contributed by atoms with Crippen LogP contribution in [0.25, 0.3) is 0 Å². The molecule has 0 saturated carbocycles. The summed E-state index contributed by atoms with van der Waals surface area (Å²) in [4.78, 5) is 1.35. The maximum Gasteiger partial charge on any atom is 0.148 e. The Balaban J connectivity index is 2.31. The van der Waals surface area contributed by atoms with Gasteiger partial charge in [-0.2, -0.15) is 5.10 Å². The van der Waals surface area contributed by atoms with E-state index in [0.29, 0.717) is 12.1 Å². The summed E-state index contributed by atoms with van der Waals surface area (Å²) >= 11 is 1.78. The van der Waals surface area contributed by atoms with Gasteiger partial charge in [0.25, 0.3) is 0 Å². The number of nitrogens with zero attached hydrogens (tertiary/aromatic N) is 2. The van der Waals surface area contributed by atoms with Crippen molar-refractivity contribution in [3.05, 3.63) is 28.1 Å². The van der Waals surface area contributed by atoms with Crippen LogP contribution >= 0.6 is 11.3 Å². The van der Waals surface area contributed by atoms with Gasteiger partial charge in [0.2, 0.25) is 0 Å². The number of hydrogen-bond donors (Lipinski definition) is 2. The molecule has 0 spiro atoms. The summed E-state index contributed by atoms with van der Waals surface area (Å²) in [5.74, 6) is 0.948. The molecule has 0 fully saturated rings. The lowest BCUT2D eigenvalue weighted by Crippen LogP contribution is -2.15. The Kier molecular flexibility index (Phi) is 4.70. The fourth-order valence-electron chi connectivity index (χ4n) is 2.31. The van der Waals surface area contributed by atoms with E-state index >= 15 is 0 Å². The summed E-state index contributed by atoms with van der Waals surface area (Å²) in [5.41, 5.74) is 7.85. The molecule has 110 valence electrons. The minimum absolute atomic E-state index is 0.291. The molecule has 20 heavy (non-hydrogen) atoms. The summed E-state index contributed by atoms with van der Waals surface area (Å²) in [7, 11) is 0. The van der Waals surface area contributed by atoms with Crippen molar-refractivity contribution < 1.29 is 0 Å². The molecule has 0 aromatic carbocycles. The number of nitrogen functional groups attached to an aromatic ring is 1. The van der Waals surface area contributed by atoms with Crippen molar-refractivity contribution in [1.82, 2.24) is 9.78 Å². The molecular weight excluding hydrogens is 268 g/mol. The van der Waals surface area contributed by atoms with Crippen LogP contribution in [-0.2, 0) is 0 Å². The highest BCUT2D eigenvalue weighted by atomic mass is 32.1. The van der Waals surface area contributed by atoms with E-state index in [2.05, 4.69) is 48.7 Å². The summed E-state index contributed by atoms with van der Waals surface area (Å²) in [6.45, 7) is 8.41. The summed E-state index contributed by atoms with van der Waals surface area (Å²) < 4.78 is 1.99. The first-order chi connectivity index (χ1) is 9.54. The van der Waals surface area contributed by atoms with Gasteiger partial charge in [0.15, 0.2) is 0 Å². The van der Waals surface area contributed by atoms with Crippen LogP contribution in [0.1, 0.15) is 56.3 Å². The summed E-state index contributed by atoms with van der Waals surface area (Å²) in [5, 5.41) is 10.3. The number of aromatic nitrogens is 2. The first-order valence-electron chi connectivity index (χ1n) is 7.19. The second kappa shape index (κ2) is 6.31. The van der Waals surface area contributed by atoms with Crippen molar-refractivity contribution in [2.75, 3.05) is 11.1 Å². The molecule has 0 aliphatic heterocycles. The largest absolute Gasteiger partial charge is 0.394 e. The van der Waals surface area contributed by atoms with Crippen LogP contribution in [0.3, 0.4) is 0 Å². The van der Waals surface area contributed by atoms with Gasteiger partial charge in [-0.3, -0.25) is 0 Å². The molecule has 2 aromatic heterocycles. The standard InChI is InChI=1S/C15H24N4S/c1-5-7-12(13-8-6-9-20-13)17-15-14(16)11(4)18-19(15)10(2)3/h6,8-10,12,17H,5,7,16H2,1-4H3. The van der Waals surface area contributed by atoms with Crippen molar-refractivity contribution in [2.24, 2.45) is 0 Å². The van der Waals surface area contributed by atoms with E-state index in [4.69, 9.17) is 5.73 Å². The van der Waals surface area contributed by atoms with Gasteiger partial charge >= 0.3 is 0 Å². The van der Waals surface area contributed by atoms with Crippen molar-refractivity contribution in [3.8, 4) is 0 Å². The lowest BCUT2D eigenvalue weighted by molar-refractivity contribution is 0.529. The second-order valence-corrected chi connectivity index (χ2v) is 6.37. The first kappa shape index (κ1) is 14.9. The third-order valence-corrected chi connectivity index (χ3v) is 4.38. The molecule has 0 aliphatic rings. The smallest absolute Gasteiger partial charge is 0.148 e. The van der Waals surface area contributed by atoms with E-state index in [-0.39, 0.29) is 0 Å². The number of rotatable bonds is 6. The Bertz CT molecular complexity index is 542. The Hall–Kier alpha value is -1.49. The SMILES string of the molecule is CCCC(Nc1c(N)c(C)nn1C(C)C)c1cccs1. The summed E-state index contributed by atoms with van der Waals surface area (Å²) in [6, 6.07) is 4.87. The minimum Gasteiger partial charge on any atom is -0.394 e. The van der Waals surface area contributed by atoms with Crippen molar-refractivity contribution in [2.45, 2.75) is 52.6 Å². The number of aryl methyl sites for hydroxylation is 1. The molecule has 3 N–H and O–H groups in total. The van der Waals surface area contributed by atoms with E-state index < -0.39 is 0 Å². The number of thiophene rings is 1. The van der Waals surface area contributed by atoms with Crippen LogP contribution in [0.2, 0.25) is 0 Å². The predicted molar refractivity (Wildman–Crippen MR) is 87.4 cm³/mol. The van der Waals surface area contributed by atoms with Gasteiger partial charge in [0.05, 0.1) is 17.4 Å². The van der Waals surface area contributed by atoms with Gasteiger partial charge in [-0.25, -0.2) is 4.68 Å². The highest BCUT2D eigenvalue weighted by Gasteiger charge is 2.19. The zero-order valence-corrected chi connectivity index (χ0v) is 13.5. The van der Waals surface area contributed by atoms with Crippen LogP contribution in [0.4, 0.5) is 11.5 Å². The molecule has 1 unspecified atom stereocenters. The molecule has 4 nitrogen and oxygen atoms in total. The third-order valence-electron chi connectivity index (χ3n) is 3.40. The highest BCUT2D eigenvalue weighted by Crippen LogP contribution is 2.32. The van der Waals surface area contributed by atoms with Gasteiger partial charge < -0.3 is 11.1 Å². The van der Waals surface area contributed by atoms with Crippen LogP contribution in [-0.4, -0.2) is 9.78 Å². The fraction of sp³-hybridized carbons (Fsp3) is 0.533. The molecule has 2 heterocycles. The van der Waals surface area contributed by atoms with Crippen LogP contribution < -0.4 is 11.1 Å². The van der Waals surface area contributed by atoms with Gasteiger partial charge in [-0.05, 0) is 38.6 Å². The van der Waals surface area contributed by atoms with Gasteiger partial charge in [-0.15, -0.1) is 11.3 Å². The number of anilines is 2. The second-order valence-electron chi connectivity index (χ2n) is 5.39. The average molecular weight is 292 g/mol. The van der Waals surface area contributed by atoms with Crippen LogP contribution in [0, 0.1) is 6.92 Å². The monoisotopic (exact) mass is 292 g/mol. The van der Waals surface area contributed by atoms with Crippen LogP contribution in [0.5, 0.6) is 0 Å². The Morgan fingerprint density at radius 2 is 2.20 bits per heavy atom. The zero-order valence-electron chi connectivity index (χ0n) is 12.7. The third kappa shape index (κ3) is 2.98. The molecule has 5 heteroatoms. The van der Waals surface area contributed by atoms with Crippen molar-refractivity contribution in [1.29, 1.82) is 0 Å². The molecule has 2 aromatic rings. The summed E-state index contributed by atoms with van der Waals surface area (Å²) in [6.07, 6.45) is 2.21. The topological polar surface area (TPSA) is 55.9 Å². The highest BCUT2D eigenvalue weighted by molar-refractivity contribution is 7.10. The normalized spacial score (nSPS) is 12.8. The Morgan fingerprint density at radius 3 is 2.75 bits per heavy atom. The van der Waals surface area contributed by atoms with E-state index in [1.54, 1.807) is 11.3 Å². The molecule has 0 radical (unpaired) electrons. The molecule has 2 rings (SSSR count). The van der Waals surface area contributed by atoms with Crippen molar-refractivity contribution in [3.63, 3.8) is 0 Å². The molecular formula is C15H24N4S. The number of hydrogen-bond acceptors (Lipinski definition) is 4. The molecule has 0 aliphatic carbocycles. The van der Waals surface area contributed by atoms with Crippen LogP contribution in [0.15, 0.2) is 17.5 Å². The minimum atomic E-state index is 0.291. The quantitative estimate of drug-likeness (QED) is 0.831. The molecule has 0 amide bonds. The van der Waals surface area contributed by atoms with E-state index in [1.807, 2.05) is 11.6 Å².